The largest absolute Gasteiger partial charge is 0.481 e. The minimum atomic E-state index is -0.669. The lowest BCUT2D eigenvalue weighted by Gasteiger charge is -2.06. The Kier molecular flexibility index (Phi) is 27.3. The molecule has 0 aliphatic heterocycles. The fraction of sp³-hybridized carbons (Fsp3) is 0.933. The van der Waals surface area contributed by atoms with E-state index in [1.54, 1.807) is 0 Å². The maximum Gasteiger partial charge on any atom is 0.305 e. The first-order valence-electron chi connectivity index (χ1n) is 15.0. The Morgan fingerprint density at radius 3 is 1.18 bits per heavy atom. The molecule has 4 nitrogen and oxygen atoms in total. The summed E-state index contributed by atoms with van der Waals surface area (Å²) in [7, 11) is 0. The third kappa shape index (κ3) is 29.0. The predicted octanol–water partition coefficient (Wildman–Crippen LogP) is 9.78. The van der Waals surface area contributed by atoms with Gasteiger partial charge in [0.1, 0.15) is 0 Å². The van der Waals surface area contributed by atoms with Gasteiger partial charge in [0.15, 0.2) is 0 Å². The summed E-state index contributed by atoms with van der Waals surface area (Å²) in [5, 5.41) is 8.60. The Morgan fingerprint density at radius 1 is 0.471 bits per heavy atom. The van der Waals surface area contributed by atoms with Gasteiger partial charge in [0.05, 0.1) is 6.61 Å². The Balaban J connectivity index is 3.15. The van der Waals surface area contributed by atoms with Crippen molar-refractivity contribution in [3.8, 4) is 0 Å². The Bertz CT molecular complexity index is 436. The van der Waals surface area contributed by atoms with Gasteiger partial charge in [-0.3, -0.25) is 9.59 Å². The Labute approximate surface area is 212 Å². The van der Waals surface area contributed by atoms with Crippen LogP contribution in [-0.4, -0.2) is 23.7 Å². The molecular formula is C30H58O4. The second-order valence-corrected chi connectivity index (χ2v) is 10.2. The molecule has 0 atom stereocenters. The molecule has 34 heavy (non-hydrogen) atoms. The molecule has 1 N–H and O–H groups in total. The van der Waals surface area contributed by atoms with Gasteiger partial charge in [0.2, 0.25) is 0 Å². The molecular weight excluding hydrogens is 424 g/mol. The molecule has 0 aromatic rings. The van der Waals surface area contributed by atoms with Crippen LogP contribution in [0.4, 0.5) is 0 Å². The molecule has 0 unspecified atom stereocenters. The van der Waals surface area contributed by atoms with Crippen molar-refractivity contribution < 1.29 is 19.4 Å². The van der Waals surface area contributed by atoms with Gasteiger partial charge in [-0.05, 0) is 19.3 Å². The maximum absolute atomic E-state index is 11.8. The third-order valence-corrected chi connectivity index (χ3v) is 6.78. The monoisotopic (exact) mass is 482 g/mol. The maximum atomic E-state index is 11.8. The first-order valence-corrected chi connectivity index (χ1v) is 15.0. The number of unbranched alkanes of at least 4 members (excludes halogenated alkanes) is 22. The molecule has 0 aliphatic carbocycles. The van der Waals surface area contributed by atoms with Gasteiger partial charge >= 0.3 is 11.9 Å². The van der Waals surface area contributed by atoms with Crippen molar-refractivity contribution in [2.24, 2.45) is 0 Å². The summed E-state index contributed by atoms with van der Waals surface area (Å²) in [6.07, 6.45) is 30.9. The molecule has 0 heterocycles. The van der Waals surface area contributed by atoms with E-state index in [1.165, 1.54) is 122 Å². The molecule has 0 amide bonds. The molecule has 0 aliphatic rings. The van der Waals surface area contributed by atoms with Crippen molar-refractivity contribution in [3.05, 3.63) is 0 Å². The van der Waals surface area contributed by atoms with Crippen LogP contribution in [-0.2, 0) is 14.3 Å². The molecule has 0 spiro atoms. The topological polar surface area (TPSA) is 63.6 Å². The van der Waals surface area contributed by atoms with Crippen molar-refractivity contribution in [2.75, 3.05) is 6.61 Å². The molecule has 0 radical (unpaired) electrons. The molecule has 0 saturated carbocycles. The van der Waals surface area contributed by atoms with E-state index in [9.17, 15) is 9.59 Å². The number of carboxylic acid groups (broad SMARTS) is 1. The number of rotatable bonds is 28. The van der Waals surface area contributed by atoms with Crippen LogP contribution >= 0.6 is 0 Å². The number of aliphatic carboxylic acids is 1. The van der Waals surface area contributed by atoms with E-state index in [4.69, 9.17) is 9.84 Å². The van der Waals surface area contributed by atoms with E-state index in [0.717, 1.165) is 32.1 Å². The quantitative estimate of drug-likeness (QED) is 0.0890. The fourth-order valence-corrected chi connectivity index (χ4v) is 4.51. The van der Waals surface area contributed by atoms with Crippen LogP contribution in [0.3, 0.4) is 0 Å². The van der Waals surface area contributed by atoms with Gasteiger partial charge in [-0.15, -0.1) is 0 Å². The van der Waals surface area contributed by atoms with Gasteiger partial charge in [0, 0.05) is 12.8 Å². The lowest BCUT2D eigenvalue weighted by molar-refractivity contribution is -0.144. The van der Waals surface area contributed by atoms with Gasteiger partial charge < -0.3 is 9.84 Å². The fourth-order valence-electron chi connectivity index (χ4n) is 4.51. The SMILES string of the molecule is CCCCCCCCCCCCOC(=O)CCCCCCCCCCCCCCCCC(=O)O. The molecule has 0 fully saturated rings. The second kappa shape index (κ2) is 28.2. The molecule has 0 aromatic carbocycles. The number of carboxylic acids is 1. The standard InChI is InChI=1S/C30H58O4/c1-2-3-4-5-6-7-16-19-22-25-28-34-30(33)27-24-21-18-15-13-11-9-8-10-12-14-17-20-23-26-29(31)32/h2-28H2,1H3,(H,31,32). The normalized spacial score (nSPS) is 11.1. The van der Waals surface area contributed by atoms with Crippen molar-refractivity contribution in [1.29, 1.82) is 0 Å². The zero-order valence-corrected chi connectivity index (χ0v) is 22.8. The number of carbonyl (C=O) groups is 2. The summed E-state index contributed by atoms with van der Waals surface area (Å²) in [5.41, 5.74) is 0. The van der Waals surface area contributed by atoms with E-state index in [-0.39, 0.29) is 5.97 Å². The summed E-state index contributed by atoms with van der Waals surface area (Å²) < 4.78 is 5.38. The van der Waals surface area contributed by atoms with Gasteiger partial charge in [-0.1, -0.05) is 142 Å². The Morgan fingerprint density at radius 2 is 0.794 bits per heavy atom. The van der Waals surface area contributed by atoms with Crippen LogP contribution < -0.4 is 0 Å². The minimum Gasteiger partial charge on any atom is -0.481 e. The van der Waals surface area contributed by atoms with Crippen molar-refractivity contribution in [3.63, 3.8) is 0 Å². The highest BCUT2D eigenvalue weighted by molar-refractivity contribution is 5.69. The van der Waals surface area contributed by atoms with Crippen molar-refractivity contribution in [2.45, 2.75) is 174 Å². The average Bonchev–Trinajstić information content (AvgIpc) is 2.82. The van der Waals surface area contributed by atoms with Crippen LogP contribution in [0.2, 0.25) is 0 Å². The smallest absolute Gasteiger partial charge is 0.305 e. The van der Waals surface area contributed by atoms with E-state index >= 15 is 0 Å². The van der Waals surface area contributed by atoms with Gasteiger partial charge in [-0.25, -0.2) is 0 Å². The third-order valence-electron chi connectivity index (χ3n) is 6.78. The van der Waals surface area contributed by atoms with E-state index < -0.39 is 5.97 Å². The number of esters is 1. The molecule has 0 aromatic heterocycles. The van der Waals surface area contributed by atoms with Crippen LogP contribution in [0.5, 0.6) is 0 Å². The van der Waals surface area contributed by atoms with Gasteiger partial charge in [-0.2, -0.15) is 0 Å². The summed E-state index contributed by atoms with van der Waals surface area (Å²) >= 11 is 0. The molecule has 0 bridgehead atoms. The van der Waals surface area contributed by atoms with Crippen LogP contribution in [0, 0.1) is 0 Å². The number of ether oxygens (including phenoxy) is 1. The van der Waals surface area contributed by atoms with E-state index in [0.29, 0.717) is 19.4 Å². The highest BCUT2D eigenvalue weighted by Crippen LogP contribution is 2.14. The van der Waals surface area contributed by atoms with Crippen LogP contribution in [0.25, 0.3) is 0 Å². The zero-order chi connectivity index (χ0) is 25.0. The molecule has 0 saturated heterocycles. The first kappa shape index (κ1) is 32.9. The predicted molar refractivity (Wildman–Crippen MR) is 144 cm³/mol. The number of hydrogen-bond donors (Lipinski definition) is 1. The van der Waals surface area contributed by atoms with Crippen LogP contribution in [0.1, 0.15) is 174 Å². The Hall–Kier alpha value is -1.06. The van der Waals surface area contributed by atoms with Crippen LogP contribution in [0.15, 0.2) is 0 Å². The summed E-state index contributed by atoms with van der Waals surface area (Å²) in [6.45, 7) is 2.87. The first-order chi connectivity index (χ1) is 16.7. The highest BCUT2D eigenvalue weighted by Gasteiger charge is 2.03. The summed E-state index contributed by atoms with van der Waals surface area (Å²) in [6, 6.07) is 0. The molecule has 0 rings (SSSR count). The van der Waals surface area contributed by atoms with E-state index in [1.807, 2.05) is 0 Å². The van der Waals surface area contributed by atoms with Crippen molar-refractivity contribution in [1.82, 2.24) is 0 Å². The molecule has 4 heteroatoms. The van der Waals surface area contributed by atoms with Crippen molar-refractivity contribution >= 4 is 11.9 Å². The zero-order valence-electron chi connectivity index (χ0n) is 22.8. The van der Waals surface area contributed by atoms with E-state index in [2.05, 4.69) is 6.92 Å². The highest BCUT2D eigenvalue weighted by atomic mass is 16.5. The summed E-state index contributed by atoms with van der Waals surface area (Å²) in [4.78, 5) is 22.3. The molecule has 202 valence electrons. The van der Waals surface area contributed by atoms with Gasteiger partial charge in [0.25, 0.3) is 0 Å². The summed E-state index contributed by atoms with van der Waals surface area (Å²) in [5.74, 6) is -0.671. The average molecular weight is 483 g/mol. The lowest BCUT2D eigenvalue weighted by atomic mass is 10.0. The minimum absolute atomic E-state index is 0.00203. The lowest BCUT2D eigenvalue weighted by Crippen LogP contribution is -2.05. The number of carbonyl (C=O) groups excluding carboxylic acids is 1. The second-order valence-electron chi connectivity index (χ2n) is 10.2. The number of hydrogen-bond acceptors (Lipinski definition) is 3.